The Kier molecular flexibility index (Phi) is 3.61. The summed E-state index contributed by atoms with van der Waals surface area (Å²) in [5.41, 5.74) is 6.29. The van der Waals surface area contributed by atoms with E-state index in [1.54, 1.807) is 0 Å². The molecule has 0 saturated heterocycles. The van der Waals surface area contributed by atoms with Gasteiger partial charge in [0.1, 0.15) is 0 Å². The molecule has 0 bridgehead atoms. The van der Waals surface area contributed by atoms with E-state index in [4.69, 9.17) is 10.8 Å². The van der Waals surface area contributed by atoms with Crippen LogP contribution in [0.15, 0.2) is 30.3 Å². The highest BCUT2D eigenvalue weighted by Crippen LogP contribution is 2.01. The SMILES string of the molecule is NC(CO)C(=O)Cc1ccccc1. The monoisotopic (exact) mass is 179 g/mol. The van der Waals surface area contributed by atoms with Crippen molar-refractivity contribution in [2.45, 2.75) is 12.5 Å². The van der Waals surface area contributed by atoms with E-state index in [-0.39, 0.29) is 12.4 Å². The zero-order valence-corrected chi connectivity index (χ0v) is 7.31. The van der Waals surface area contributed by atoms with Crippen LogP contribution in [0, 0.1) is 0 Å². The molecule has 0 heterocycles. The van der Waals surface area contributed by atoms with Gasteiger partial charge in [0.15, 0.2) is 5.78 Å². The van der Waals surface area contributed by atoms with Crippen LogP contribution in [0.25, 0.3) is 0 Å². The van der Waals surface area contributed by atoms with E-state index < -0.39 is 6.04 Å². The molecular weight excluding hydrogens is 166 g/mol. The average Bonchev–Trinajstić information content (AvgIpc) is 2.18. The van der Waals surface area contributed by atoms with Gasteiger partial charge in [-0.05, 0) is 5.56 Å². The number of nitrogens with two attached hydrogens (primary N) is 1. The molecule has 0 amide bonds. The van der Waals surface area contributed by atoms with Gasteiger partial charge >= 0.3 is 0 Å². The number of carbonyl (C=O) groups is 1. The molecule has 13 heavy (non-hydrogen) atoms. The van der Waals surface area contributed by atoms with Gasteiger partial charge in [0.25, 0.3) is 0 Å². The highest BCUT2D eigenvalue weighted by Gasteiger charge is 2.11. The Bertz CT molecular complexity index is 272. The van der Waals surface area contributed by atoms with Crippen LogP contribution in [0.1, 0.15) is 5.56 Å². The lowest BCUT2D eigenvalue weighted by atomic mass is 10.1. The fraction of sp³-hybridized carbons (Fsp3) is 0.300. The van der Waals surface area contributed by atoms with Crippen molar-refractivity contribution in [3.8, 4) is 0 Å². The van der Waals surface area contributed by atoms with Crippen LogP contribution < -0.4 is 5.73 Å². The van der Waals surface area contributed by atoms with Crippen LogP contribution in [0.5, 0.6) is 0 Å². The van der Waals surface area contributed by atoms with Crippen molar-refractivity contribution >= 4 is 5.78 Å². The molecule has 1 atom stereocenters. The van der Waals surface area contributed by atoms with Crippen molar-refractivity contribution in [3.05, 3.63) is 35.9 Å². The lowest BCUT2D eigenvalue weighted by Gasteiger charge is -2.06. The predicted octanol–water partition coefficient (Wildman–Crippen LogP) is 0.118. The van der Waals surface area contributed by atoms with Crippen LogP contribution in [-0.4, -0.2) is 23.5 Å². The first-order valence-electron chi connectivity index (χ1n) is 4.17. The number of hydrogen-bond donors (Lipinski definition) is 2. The molecule has 0 aliphatic carbocycles. The fourth-order valence-corrected chi connectivity index (χ4v) is 1.03. The molecule has 3 N–H and O–H groups in total. The minimum Gasteiger partial charge on any atom is -0.394 e. The molecular formula is C10H13NO2. The summed E-state index contributed by atoms with van der Waals surface area (Å²) in [4.78, 5) is 11.3. The molecule has 0 fully saturated rings. The van der Waals surface area contributed by atoms with E-state index in [0.717, 1.165) is 5.56 Å². The first-order valence-corrected chi connectivity index (χ1v) is 4.17. The maximum Gasteiger partial charge on any atom is 0.156 e. The average molecular weight is 179 g/mol. The van der Waals surface area contributed by atoms with Gasteiger partial charge in [-0.3, -0.25) is 4.79 Å². The van der Waals surface area contributed by atoms with Crippen LogP contribution in [-0.2, 0) is 11.2 Å². The van der Waals surface area contributed by atoms with Crippen molar-refractivity contribution < 1.29 is 9.90 Å². The molecule has 0 spiro atoms. The Balaban J connectivity index is 2.55. The number of benzene rings is 1. The number of aliphatic hydroxyl groups is 1. The summed E-state index contributed by atoms with van der Waals surface area (Å²) in [6, 6.07) is 8.60. The molecule has 70 valence electrons. The molecule has 1 aromatic carbocycles. The van der Waals surface area contributed by atoms with Gasteiger partial charge in [-0.1, -0.05) is 30.3 Å². The lowest BCUT2D eigenvalue weighted by Crippen LogP contribution is -2.35. The maximum absolute atomic E-state index is 11.3. The molecule has 0 radical (unpaired) electrons. The first kappa shape index (κ1) is 9.89. The van der Waals surface area contributed by atoms with Crippen molar-refractivity contribution in [2.24, 2.45) is 5.73 Å². The fourth-order valence-electron chi connectivity index (χ4n) is 1.03. The first-order chi connectivity index (χ1) is 6.24. The van der Waals surface area contributed by atoms with Gasteiger partial charge in [0, 0.05) is 6.42 Å². The number of hydrogen-bond acceptors (Lipinski definition) is 3. The molecule has 0 aliphatic heterocycles. The second-order valence-electron chi connectivity index (χ2n) is 2.92. The van der Waals surface area contributed by atoms with E-state index >= 15 is 0 Å². The third-order valence-corrected chi connectivity index (χ3v) is 1.83. The van der Waals surface area contributed by atoms with Gasteiger partial charge in [-0.25, -0.2) is 0 Å². The summed E-state index contributed by atoms with van der Waals surface area (Å²) < 4.78 is 0. The number of carbonyl (C=O) groups excluding carboxylic acids is 1. The Morgan fingerprint density at radius 3 is 2.54 bits per heavy atom. The highest BCUT2D eigenvalue weighted by atomic mass is 16.3. The molecule has 0 saturated carbocycles. The number of ketones is 1. The molecule has 0 aliphatic rings. The van der Waals surface area contributed by atoms with E-state index in [2.05, 4.69) is 0 Å². The van der Waals surface area contributed by atoms with E-state index in [1.807, 2.05) is 30.3 Å². The highest BCUT2D eigenvalue weighted by molar-refractivity contribution is 5.85. The Hall–Kier alpha value is -1.19. The largest absolute Gasteiger partial charge is 0.394 e. The third-order valence-electron chi connectivity index (χ3n) is 1.83. The summed E-state index contributed by atoms with van der Waals surface area (Å²) in [6.07, 6.45) is 0.294. The van der Waals surface area contributed by atoms with Crippen LogP contribution in [0.3, 0.4) is 0 Å². The van der Waals surface area contributed by atoms with Gasteiger partial charge in [-0.15, -0.1) is 0 Å². The second-order valence-corrected chi connectivity index (χ2v) is 2.92. The predicted molar refractivity (Wildman–Crippen MR) is 50.2 cm³/mol. The summed E-state index contributed by atoms with van der Waals surface area (Å²) in [5.74, 6) is -0.131. The van der Waals surface area contributed by atoms with Crippen LogP contribution >= 0.6 is 0 Å². The minimum absolute atomic E-state index is 0.131. The maximum atomic E-state index is 11.3. The molecule has 0 aromatic heterocycles. The van der Waals surface area contributed by atoms with E-state index in [0.29, 0.717) is 6.42 Å². The molecule has 3 heteroatoms. The second kappa shape index (κ2) is 4.74. The van der Waals surface area contributed by atoms with Crippen LogP contribution in [0.2, 0.25) is 0 Å². The summed E-state index contributed by atoms with van der Waals surface area (Å²) in [7, 11) is 0. The van der Waals surface area contributed by atoms with Crippen LogP contribution in [0.4, 0.5) is 0 Å². The van der Waals surface area contributed by atoms with Gasteiger partial charge in [0.2, 0.25) is 0 Å². The third kappa shape index (κ3) is 2.97. The smallest absolute Gasteiger partial charge is 0.156 e. The van der Waals surface area contributed by atoms with Crippen molar-refractivity contribution in [2.75, 3.05) is 6.61 Å². The van der Waals surface area contributed by atoms with Gasteiger partial charge < -0.3 is 10.8 Å². The number of aliphatic hydroxyl groups excluding tert-OH is 1. The number of rotatable bonds is 4. The Labute approximate surface area is 77.2 Å². The summed E-state index contributed by atoms with van der Waals surface area (Å²) in [6.45, 7) is -0.286. The topological polar surface area (TPSA) is 63.3 Å². The molecule has 1 unspecified atom stereocenters. The summed E-state index contributed by atoms with van der Waals surface area (Å²) in [5, 5.41) is 8.64. The van der Waals surface area contributed by atoms with Crippen molar-refractivity contribution in [1.82, 2.24) is 0 Å². The molecule has 1 rings (SSSR count). The van der Waals surface area contributed by atoms with E-state index in [1.165, 1.54) is 0 Å². The Morgan fingerprint density at radius 2 is 2.00 bits per heavy atom. The van der Waals surface area contributed by atoms with E-state index in [9.17, 15) is 4.79 Å². The van der Waals surface area contributed by atoms with Crippen molar-refractivity contribution in [3.63, 3.8) is 0 Å². The van der Waals surface area contributed by atoms with Crippen molar-refractivity contribution in [1.29, 1.82) is 0 Å². The minimum atomic E-state index is -0.750. The number of Topliss-reactive ketones (excluding diaryl/α,β-unsaturated/α-hetero) is 1. The molecule has 3 nitrogen and oxygen atoms in total. The summed E-state index contributed by atoms with van der Waals surface area (Å²) >= 11 is 0. The van der Waals surface area contributed by atoms with Gasteiger partial charge in [0.05, 0.1) is 12.6 Å². The van der Waals surface area contributed by atoms with Gasteiger partial charge in [-0.2, -0.15) is 0 Å². The Morgan fingerprint density at radius 1 is 1.38 bits per heavy atom. The lowest BCUT2D eigenvalue weighted by molar-refractivity contribution is -0.120. The zero-order valence-electron chi connectivity index (χ0n) is 7.31. The quantitative estimate of drug-likeness (QED) is 0.690. The standard InChI is InChI=1S/C10H13NO2/c11-9(7-12)10(13)6-8-4-2-1-3-5-8/h1-5,9,12H,6-7,11H2. The zero-order chi connectivity index (χ0) is 9.68. The normalized spacial score (nSPS) is 12.5. The molecule has 1 aromatic rings.